The van der Waals surface area contributed by atoms with Gasteiger partial charge in [-0.2, -0.15) is 0 Å². The third-order valence-electron chi connectivity index (χ3n) is 2.59. The Balaban J connectivity index is 2.56. The number of nitrogens with zero attached hydrogens (tertiary/aromatic N) is 1. The van der Waals surface area contributed by atoms with E-state index in [1.165, 1.54) is 0 Å². The van der Waals surface area contributed by atoms with E-state index >= 15 is 0 Å². The van der Waals surface area contributed by atoms with Crippen molar-refractivity contribution >= 4 is 5.78 Å². The molecular formula is C9H17NO2. The maximum atomic E-state index is 11.2. The van der Waals surface area contributed by atoms with Crippen molar-refractivity contribution in [3.8, 4) is 0 Å². The van der Waals surface area contributed by atoms with Gasteiger partial charge < -0.3 is 9.64 Å². The lowest BCUT2D eigenvalue weighted by molar-refractivity contribution is -0.128. The molecule has 70 valence electrons. The van der Waals surface area contributed by atoms with Gasteiger partial charge in [-0.05, 0) is 26.9 Å². The Kier molecular flexibility index (Phi) is 3.23. The number of piperidine rings is 1. The third-order valence-corrected chi connectivity index (χ3v) is 2.59. The van der Waals surface area contributed by atoms with E-state index in [2.05, 4.69) is 11.9 Å². The van der Waals surface area contributed by atoms with Gasteiger partial charge in [-0.15, -0.1) is 0 Å². The van der Waals surface area contributed by atoms with E-state index in [9.17, 15) is 4.79 Å². The first-order chi connectivity index (χ1) is 5.65. The molecule has 0 spiro atoms. The normalized spacial score (nSPS) is 31.9. The van der Waals surface area contributed by atoms with Crippen LogP contribution in [0.3, 0.4) is 0 Å². The van der Waals surface area contributed by atoms with Gasteiger partial charge in [0.2, 0.25) is 0 Å². The molecule has 1 fully saturated rings. The van der Waals surface area contributed by atoms with Crippen LogP contribution in [-0.4, -0.2) is 44.0 Å². The molecule has 0 N–H and O–H groups in total. The summed E-state index contributed by atoms with van der Waals surface area (Å²) in [5.41, 5.74) is 0. The predicted molar refractivity (Wildman–Crippen MR) is 47.1 cm³/mol. The Labute approximate surface area is 73.7 Å². The van der Waals surface area contributed by atoms with Gasteiger partial charge in [-0.3, -0.25) is 4.79 Å². The van der Waals surface area contributed by atoms with Crippen LogP contribution in [0.5, 0.6) is 0 Å². The lowest BCUT2D eigenvalue weighted by Crippen LogP contribution is -2.45. The van der Waals surface area contributed by atoms with Crippen molar-refractivity contribution in [3.05, 3.63) is 0 Å². The van der Waals surface area contributed by atoms with Gasteiger partial charge in [-0.25, -0.2) is 0 Å². The SMILES string of the molecule is COC1CN(C)CCC1C(C)=O. The van der Waals surface area contributed by atoms with Crippen LogP contribution >= 0.6 is 0 Å². The highest BCUT2D eigenvalue weighted by Gasteiger charge is 2.30. The zero-order valence-electron chi connectivity index (χ0n) is 8.04. The first kappa shape index (κ1) is 9.68. The number of likely N-dealkylation sites (tertiary alicyclic amines) is 1. The van der Waals surface area contributed by atoms with Crippen molar-refractivity contribution in [1.82, 2.24) is 4.90 Å². The van der Waals surface area contributed by atoms with E-state index in [1.54, 1.807) is 14.0 Å². The fraction of sp³-hybridized carbons (Fsp3) is 0.889. The molecule has 1 rings (SSSR count). The fourth-order valence-corrected chi connectivity index (χ4v) is 1.77. The standard InChI is InChI=1S/C9H17NO2/c1-7(11)8-4-5-10(2)6-9(8)12-3/h8-9H,4-6H2,1-3H3. The van der Waals surface area contributed by atoms with E-state index in [0.29, 0.717) is 0 Å². The van der Waals surface area contributed by atoms with Crippen molar-refractivity contribution in [1.29, 1.82) is 0 Å². The Morgan fingerprint density at radius 1 is 1.58 bits per heavy atom. The van der Waals surface area contributed by atoms with E-state index in [1.807, 2.05) is 0 Å². The van der Waals surface area contributed by atoms with E-state index in [-0.39, 0.29) is 17.8 Å². The summed E-state index contributed by atoms with van der Waals surface area (Å²) in [5, 5.41) is 0. The third kappa shape index (κ3) is 2.05. The van der Waals surface area contributed by atoms with Crippen LogP contribution in [0.1, 0.15) is 13.3 Å². The molecule has 2 unspecified atom stereocenters. The molecule has 0 aromatic rings. The van der Waals surface area contributed by atoms with Crippen LogP contribution in [0.4, 0.5) is 0 Å². The van der Waals surface area contributed by atoms with Gasteiger partial charge in [-0.1, -0.05) is 0 Å². The molecule has 1 saturated heterocycles. The van der Waals surface area contributed by atoms with Crippen molar-refractivity contribution in [3.63, 3.8) is 0 Å². The monoisotopic (exact) mass is 171 g/mol. The molecule has 12 heavy (non-hydrogen) atoms. The van der Waals surface area contributed by atoms with Crippen LogP contribution in [0.25, 0.3) is 0 Å². The van der Waals surface area contributed by atoms with Crippen molar-refractivity contribution in [2.24, 2.45) is 5.92 Å². The topological polar surface area (TPSA) is 29.5 Å². The number of hydrogen-bond acceptors (Lipinski definition) is 3. The molecule has 0 aliphatic carbocycles. The molecular weight excluding hydrogens is 154 g/mol. The molecule has 0 bridgehead atoms. The fourth-order valence-electron chi connectivity index (χ4n) is 1.77. The van der Waals surface area contributed by atoms with Crippen LogP contribution in [0.2, 0.25) is 0 Å². The molecule has 2 atom stereocenters. The van der Waals surface area contributed by atoms with Gasteiger partial charge in [0.25, 0.3) is 0 Å². The molecule has 1 aliphatic heterocycles. The number of ketones is 1. The summed E-state index contributed by atoms with van der Waals surface area (Å²) in [6, 6.07) is 0. The largest absolute Gasteiger partial charge is 0.379 e. The highest BCUT2D eigenvalue weighted by Crippen LogP contribution is 2.19. The smallest absolute Gasteiger partial charge is 0.135 e. The molecule has 1 aliphatic rings. The van der Waals surface area contributed by atoms with E-state index < -0.39 is 0 Å². The average molecular weight is 171 g/mol. The highest BCUT2D eigenvalue weighted by molar-refractivity contribution is 5.79. The molecule has 0 aromatic carbocycles. The molecule has 3 nitrogen and oxygen atoms in total. The molecule has 0 saturated carbocycles. The first-order valence-electron chi connectivity index (χ1n) is 4.37. The first-order valence-corrected chi connectivity index (χ1v) is 4.37. The molecule has 1 heterocycles. The Hall–Kier alpha value is -0.410. The summed E-state index contributed by atoms with van der Waals surface area (Å²) in [7, 11) is 3.74. The minimum Gasteiger partial charge on any atom is -0.379 e. The van der Waals surface area contributed by atoms with Crippen molar-refractivity contribution < 1.29 is 9.53 Å². The summed E-state index contributed by atoms with van der Waals surface area (Å²) in [5.74, 6) is 0.376. The van der Waals surface area contributed by atoms with Crippen LogP contribution in [-0.2, 0) is 9.53 Å². The minimum absolute atomic E-state index is 0.0984. The summed E-state index contributed by atoms with van der Waals surface area (Å²) in [6.07, 6.45) is 1.03. The Morgan fingerprint density at radius 3 is 2.75 bits per heavy atom. The zero-order chi connectivity index (χ0) is 9.14. The number of likely N-dealkylation sites (N-methyl/N-ethyl adjacent to an activating group) is 1. The van der Waals surface area contributed by atoms with Gasteiger partial charge in [0, 0.05) is 19.6 Å². The maximum absolute atomic E-state index is 11.2. The summed E-state index contributed by atoms with van der Waals surface area (Å²) < 4.78 is 5.27. The van der Waals surface area contributed by atoms with Crippen LogP contribution in [0, 0.1) is 5.92 Å². The zero-order valence-corrected chi connectivity index (χ0v) is 8.04. The van der Waals surface area contributed by atoms with Crippen molar-refractivity contribution in [2.75, 3.05) is 27.2 Å². The average Bonchev–Trinajstić information content (AvgIpc) is 2.03. The molecule has 0 aromatic heterocycles. The lowest BCUT2D eigenvalue weighted by atomic mass is 9.91. The second-order valence-corrected chi connectivity index (χ2v) is 3.54. The number of hydrogen-bond donors (Lipinski definition) is 0. The number of Topliss-reactive ketones (excluding diaryl/α,β-unsaturated/α-hetero) is 1. The molecule has 3 heteroatoms. The van der Waals surface area contributed by atoms with Gasteiger partial charge in [0.05, 0.1) is 6.10 Å². The summed E-state index contributed by atoms with van der Waals surface area (Å²) in [4.78, 5) is 13.4. The summed E-state index contributed by atoms with van der Waals surface area (Å²) in [6.45, 7) is 3.53. The van der Waals surface area contributed by atoms with E-state index in [4.69, 9.17) is 4.74 Å². The predicted octanol–water partition coefficient (Wildman–Crippen LogP) is 0.542. The Bertz CT molecular complexity index is 170. The van der Waals surface area contributed by atoms with Gasteiger partial charge in [0.1, 0.15) is 5.78 Å². The van der Waals surface area contributed by atoms with Crippen LogP contribution in [0.15, 0.2) is 0 Å². The molecule has 0 amide bonds. The van der Waals surface area contributed by atoms with Gasteiger partial charge >= 0.3 is 0 Å². The van der Waals surface area contributed by atoms with Gasteiger partial charge in [0.15, 0.2) is 0 Å². The number of rotatable bonds is 2. The Morgan fingerprint density at radius 2 is 2.25 bits per heavy atom. The minimum atomic E-state index is 0.0984. The quantitative estimate of drug-likeness (QED) is 0.607. The maximum Gasteiger partial charge on any atom is 0.135 e. The second-order valence-electron chi connectivity index (χ2n) is 3.54. The van der Waals surface area contributed by atoms with E-state index in [0.717, 1.165) is 19.5 Å². The number of carbonyl (C=O) groups is 1. The highest BCUT2D eigenvalue weighted by atomic mass is 16.5. The molecule has 0 radical (unpaired) electrons. The number of methoxy groups -OCH3 is 1. The lowest BCUT2D eigenvalue weighted by Gasteiger charge is -2.34. The summed E-state index contributed by atoms with van der Waals surface area (Å²) >= 11 is 0. The van der Waals surface area contributed by atoms with Crippen LogP contribution < -0.4 is 0 Å². The number of carbonyl (C=O) groups excluding carboxylic acids is 1. The van der Waals surface area contributed by atoms with Crippen molar-refractivity contribution in [2.45, 2.75) is 19.4 Å². The number of ether oxygens (including phenoxy) is 1. The second kappa shape index (κ2) is 4.01.